The standard InChI is InChI=1S/C14H31N2/c1-7-15(8-2)12-11-14(13(5)6)16(9-3)10-4/h12-14H,7-11H2,1-6H3/q+1. The van der Waals surface area contributed by atoms with E-state index in [1.54, 1.807) is 0 Å². The fourth-order valence-corrected chi connectivity index (χ4v) is 2.27. The van der Waals surface area contributed by atoms with Crippen LogP contribution in [0.25, 0.3) is 0 Å². The lowest BCUT2D eigenvalue weighted by Crippen LogP contribution is -2.39. The molecule has 0 saturated heterocycles. The van der Waals surface area contributed by atoms with E-state index in [0.29, 0.717) is 6.04 Å². The first kappa shape index (κ1) is 15.6. The Morgan fingerprint density at radius 1 is 1.00 bits per heavy atom. The molecule has 0 fully saturated rings. The lowest BCUT2D eigenvalue weighted by Gasteiger charge is -2.31. The summed E-state index contributed by atoms with van der Waals surface area (Å²) in [6, 6.07) is 0.690. The van der Waals surface area contributed by atoms with Crippen molar-refractivity contribution in [2.24, 2.45) is 5.92 Å². The Balaban J connectivity index is 4.50. The quantitative estimate of drug-likeness (QED) is 0.456. The van der Waals surface area contributed by atoms with Gasteiger partial charge in [0.1, 0.15) is 19.3 Å². The second kappa shape index (κ2) is 8.74. The molecule has 0 amide bonds. The van der Waals surface area contributed by atoms with Crippen LogP contribution in [-0.2, 0) is 0 Å². The van der Waals surface area contributed by atoms with E-state index in [2.05, 4.69) is 57.2 Å². The second-order valence-electron chi connectivity index (χ2n) is 4.67. The van der Waals surface area contributed by atoms with E-state index in [-0.39, 0.29) is 0 Å². The first-order valence-corrected chi connectivity index (χ1v) is 6.91. The lowest BCUT2D eigenvalue weighted by molar-refractivity contribution is -0.517. The van der Waals surface area contributed by atoms with Crippen molar-refractivity contribution in [1.29, 1.82) is 0 Å². The summed E-state index contributed by atoms with van der Waals surface area (Å²) in [6.07, 6.45) is 3.57. The van der Waals surface area contributed by atoms with Gasteiger partial charge in [-0.3, -0.25) is 0 Å². The van der Waals surface area contributed by atoms with Crippen LogP contribution >= 0.6 is 0 Å². The van der Waals surface area contributed by atoms with Crippen molar-refractivity contribution in [2.75, 3.05) is 26.2 Å². The van der Waals surface area contributed by atoms with Gasteiger partial charge >= 0.3 is 0 Å². The van der Waals surface area contributed by atoms with E-state index >= 15 is 0 Å². The number of hydrogen-bond acceptors (Lipinski definition) is 1. The molecule has 0 spiro atoms. The van der Waals surface area contributed by atoms with Gasteiger partial charge < -0.3 is 4.90 Å². The molecule has 0 aliphatic heterocycles. The van der Waals surface area contributed by atoms with Crippen LogP contribution in [0.2, 0.25) is 0 Å². The van der Waals surface area contributed by atoms with Crippen LogP contribution in [0.5, 0.6) is 0 Å². The molecule has 2 nitrogen and oxygen atoms in total. The molecule has 0 aliphatic carbocycles. The number of hydrogen-bond donors (Lipinski definition) is 0. The summed E-state index contributed by atoms with van der Waals surface area (Å²) >= 11 is 0. The molecular formula is C14H31N2+. The minimum atomic E-state index is 0.690. The van der Waals surface area contributed by atoms with Gasteiger partial charge in [0.05, 0.1) is 0 Å². The summed E-state index contributed by atoms with van der Waals surface area (Å²) in [6.45, 7) is 18.2. The third kappa shape index (κ3) is 5.11. The van der Waals surface area contributed by atoms with Crippen LogP contribution in [0.4, 0.5) is 0 Å². The maximum absolute atomic E-state index is 2.57. The minimum absolute atomic E-state index is 0.690. The van der Waals surface area contributed by atoms with Gasteiger partial charge in [-0.25, -0.2) is 4.58 Å². The highest BCUT2D eigenvalue weighted by molar-refractivity contribution is 5.52. The molecule has 1 unspecified atom stereocenters. The summed E-state index contributed by atoms with van der Waals surface area (Å²) in [5, 5.41) is 0. The highest BCUT2D eigenvalue weighted by Gasteiger charge is 2.19. The molecule has 0 saturated carbocycles. The fraction of sp³-hybridized carbons (Fsp3) is 0.929. The van der Waals surface area contributed by atoms with E-state index in [1.807, 2.05) is 0 Å². The SMILES string of the molecule is CCN(CC)C(CC=[N+](CC)CC)C(C)C. The van der Waals surface area contributed by atoms with Gasteiger partial charge in [0.2, 0.25) is 0 Å². The Labute approximate surface area is 102 Å². The van der Waals surface area contributed by atoms with Crippen LogP contribution in [0.3, 0.4) is 0 Å². The Hall–Kier alpha value is -0.370. The second-order valence-corrected chi connectivity index (χ2v) is 4.67. The zero-order valence-corrected chi connectivity index (χ0v) is 12.2. The molecule has 0 aliphatic rings. The fourth-order valence-electron chi connectivity index (χ4n) is 2.27. The summed E-state index contributed by atoms with van der Waals surface area (Å²) < 4.78 is 2.40. The Morgan fingerprint density at radius 2 is 1.50 bits per heavy atom. The maximum atomic E-state index is 2.57. The van der Waals surface area contributed by atoms with Gasteiger partial charge in [0.25, 0.3) is 0 Å². The van der Waals surface area contributed by atoms with Gasteiger partial charge in [0.15, 0.2) is 0 Å². The first-order chi connectivity index (χ1) is 7.60. The van der Waals surface area contributed by atoms with Gasteiger partial charge in [-0.1, -0.05) is 27.7 Å². The molecule has 0 heterocycles. The highest BCUT2D eigenvalue weighted by Crippen LogP contribution is 2.13. The summed E-state index contributed by atoms with van der Waals surface area (Å²) in [4.78, 5) is 2.57. The van der Waals surface area contributed by atoms with Gasteiger partial charge in [-0.2, -0.15) is 0 Å². The van der Waals surface area contributed by atoms with E-state index in [9.17, 15) is 0 Å². The molecule has 0 bridgehead atoms. The van der Waals surface area contributed by atoms with Crippen molar-refractivity contribution in [2.45, 2.75) is 54.0 Å². The largest absolute Gasteiger partial charge is 0.300 e. The Bertz CT molecular complexity index is 187. The van der Waals surface area contributed by atoms with Crippen molar-refractivity contribution in [3.63, 3.8) is 0 Å². The van der Waals surface area contributed by atoms with Crippen LogP contribution in [0.1, 0.15) is 48.0 Å². The van der Waals surface area contributed by atoms with Crippen LogP contribution in [0, 0.1) is 5.92 Å². The highest BCUT2D eigenvalue weighted by atomic mass is 15.1. The molecule has 1 atom stereocenters. The van der Waals surface area contributed by atoms with Crippen LogP contribution in [-0.4, -0.2) is 47.9 Å². The smallest absolute Gasteiger partial charge is 0.141 e. The number of rotatable bonds is 8. The summed E-state index contributed by atoms with van der Waals surface area (Å²) in [5.74, 6) is 0.728. The molecule has 0 rings (SSSR count). The van der Waals surface area contributed by atoms with Crippen LogP contribution < -0.4 is 0 Å². The summed E-state index contributed by atoms with van der Waals surface area (Å²) in [7, 11) is 0. The van der Waals surface area contributed by atoms with Gasteiger partial charge in [-0.05, 0) is 32.9 Å². The Morgan fingerprint density at radius 3 is 1.81 bits per heavy atom. The third-order valence-electron chi connectivity index (χ3n) is 3.47. The normalized spacial score (nSPS) is 13.2. The monoisotopic (exact) mass is 227 g/mol. The first-order valence-electron chi connectivity index (χ1n) is 6.91. The van der Waals surface area contributed by atoms with E-state index in [0.717, 1.165) is 32.1 Å². The van der Waals surface area contributed by atoms with E-state index < -0.39 is 0 Å². The third-order valence-corrected chi connectivity index (χ3v) is 3.47. The average molecular weight is 227 g/mol. The minimum Gasteiger partial charge on any atom is -0.300 e. The average Bonchev–Trinajstić information content (AvgIpc) is 2.28. The van der Waals surface area contributed by atoms with Crippen molar-refractivity contribution < 1.29 is 4.58 Å². The van der Waals surface area contributed by atoms with Crippen molar-refractivity contribution in [1.82, 2.24) is 4.90 Å². The predicted molar refractivity (Wildman–Crippen MR) is 73.6 cm³/mol. The zero-order valence-electron chi connectivity index (χ0n) is 12.2. The molecular weight excluding hydrogens is 196 g/mol. The predicted octanol–water partition coefficient (Wildman–Crippen LogP) is 2.87. The van der Waals surface area contributed by atoms with Crippen molar-refractivity contribution in [3.8, 4) is 0 Å². The summed E-state index contributed by atoms with van der Waals surface area (Å²) in [5.41, 5.74) is 0. The van der Waals surface area contributed by atoms with Gasteiger partial charge in [0, 0.05) is 12.5 Å². The molecule has 0 aromatic rings. The number of nitrogens with zero attached hydrogens (tertiary/aromatic N) is 2. The molecule has 16 heavy (non-hydrogen) atoms. The molecule has 0 aromatic heterocycles. The lowest BCUT2D eigenvalue weighted by atomic mass is 9.99. The van der Waals surface area contributed by atoms with Crippen LogP contribution in [0.15, 0.2) is 0 Å². The maximum Gasteiger partial charge on any atom is 0.141 e. The Kier molecular flexibility index (Phi) is 8.54. The van der Waals surface area contributed by atoms with E-state index in [1.165, 1.54) is 6.42 Å². The zero-order chi connectivity index (χ0) is 12.6. The van der Waals surface area contributed by atoms with Gasteiger partial charge in [-0.15, -0.1) is 0 Å². The molecule has 0 N–H and O–H groups in total. The van der Waals surface area contributed by atoms with Crippen molar-refractivity contribution >= 4 is 6.21 Å². The molecule has 0 aromatic carbocycles. The molecule has 2 heteroatoms. The molecule has 96 valence electrons. The topological polar surface area (TPSA) is 6.25 Å². The molecule has 0 radical (unpaired) electrons. The van der Waals surface area contributed by atoms with E-state index in [4.69, 9.17) is 0 Å². The van der Waals surface area contributed by atoms with Crippen molar-refractivity contribution in [3.05, 3.63) is 0 Å².